The average Bonchev–Trinajstić information content (AvgIpc) is 2.43. The zero-order valence-corrected chi connectivity index (χ0v) is 10.3. The number of allylic oxidation sites excluding steroid dienone is 1. The summed E-state index contributed by atoms with van der Waals surface area (Å²) in [6.45, 7) is 1.20. The summed E-state index contributed by atoms with van der Waals surface area (Å²) >= 11 is 0. The number of ether oxygens (including phenoxy) is 1. The first kappa shape index (κ1) is 16.6. The van der Waals surface area contributed by atoms with E-state index in [1.54, 1.807) is 0 Å². The van der Waals surface area contributed by atoms with E-state index in [4.69, 9.17) is 5.11 Å². The zero-order chi connectivity index (χ0) is 16.3. The normalized spacial score (nSPS) is 11.4. The van der Waals surface area contributed by atoms with Crippen molar-refractivity contribution in [2.75, 3.05) is 6.61 Å². The van der Waals surface area contributed by atoms with Crippen molar-refractivity contribution in [3.05, 3.63) is 46.5 Å². The fraction of sp³-hybridized carbons (Fsp3) is 0.167. The number of benzene rings is 1. The van der Waals surface area contributed by atoms with Gasteiger partial charge in [0.15, 0.2) is 29.1 Å². The minimum Gasteiger partial charge on any atom is -0.502 e. The Morgan fingerprint density at radius 1 is 1.00 bits per heavy atom. The van der Waals surface area contributed by atoms with E-state index in [9.17, 15) is 31.5 Å². The molecule has 0 aliphatic rings. The molecule has 0 saturated heterocycles. The smallest absolute Gasteiger partial charge is 0.373 e. The van der Waals surface area contributed by atoms with Gasteiger partial charge in [0.2, 0.25) is 11.6 Å². The molecule has 0 aromatic heterocycles. The molecule has 1 N–H and O–H groups in total. The number of hydrogen-bond donors (Lipinski definition) is 1. The molecular formula is C12H7F5O4. The van der Waals surface area contributed by atoms with Crippen LogP contribution in [0.4, 0.5) is 22.0 Å². The molecule has 0 fully saturated rings. The van der Waals surface area contributed by atoms with Gasteiger partial charge in [0.05, 0.1) is 12.2 Å². The molecule has 1 rings (SSSR count). The van der Waals surface area contributed by atoms with Crippen LogP contribution in [-0.2, 0) is 9.53 Å². The average molecular weight is 310 g/mol. The molecule has 0 heterocycles. The molecule has 0 aliphatic carbocycles. The Bertz CT molecular complexity index is 610. The van der Waals surface area contributed by atoms with Crippen molar-refractivity contribution in [2.45, 2.75) is 6.92 Å². The number of carbonyl (C=O) groups excluding carboxylic acids is 2. The highest BCUT2D eigenvalue weighted by atomic mass is 19.2. The van der Waals surface area contributed by atoms with E-state index in [0.717, 1.165) is 0 Å². The van der Waals surface area contributed by atoms with E-state index in [1.165, 1.54) is 6.92 Å². The number of rotatable bonds is 4. The fourth-order valence-corrected chi connectivity index (χ4v) is 1.28. The predicted octanol–water partition coefficient (Wildman–Crippen LogP) is 2.57. The van der Waals surface area contributed by atoms with Crippen LogP contribution in [0.2, 0.25) is 0 Å². The molecule has 0 radical (unpaired) electrons. The third-order valence-electron chi connectivity index (χ3n) is 2.21. The SMILES string of the molecule is CCOC(=O)/C(O)=C/C(=O)c1c(F)c(F)c(F)c(F)c1F. The highest BCUT2D eigenvalue weighted by Gasteiger charge is 2.29. The summed E-state index contributed by atoms with van der Waals surface area (Å²) in [5.74, 6) is -16.3. The first-order valence-corrected chi connectivity index (χ1v) is 5.35. The maximum atomic E-state index is 13.3. The van der Waals surface area contributed by atoms with Gasteiger partial charge in [-0.15, -0.1) is 0 Å². The molecule has 0 bridgehead atoms. The zero-order valence-electron chi connectivity index (χ0n) is 10.3. The van der Waals surface area contributed by atoms with Crippen LogP contribution in [0.15, 0.2) is 11.8 Å². The first-order valence-electron chi connectivity index (χ1n) is 5.35. The lowest BCUT2D eigenvalue weighted by atomic mass is 10.1. The van der Waals surface area contributed by atoms with Gasteiger partial charge >= 0.3 is 5.97 Å². The molecular weight excluding hydrogens is 303 g/mol. The standard InChI is InChI=1S/C12H7F5O4/c1-2-21-12(20)5(19)3-4(18)6-7(13)9(15)11(17)10(16)8(6)14/h3,19H,2H2,1H3/b5-3-. The molecule has 0 unspecified atom stereocenters. The van der Waals surface area contributed by atoms with E-state index < -0.39 is 52.2 Å². The van der Waals surface area contributed by atoms with Gasteiger partial charge in [-0.3, -0.25) is 4.79 Å². The Morgan fingerprint density at radius 3 is 1.86 bits per heavy atom. The molecule has 4 nitrogen and oxygen atoms in total. The number of aliphatic hydroxyl groups excluding tert-OH is 1. The molecule has 0 aliphatic heterocycles. The summed E-state index contributed by atoms with van der Waals surface area (Å²) in [5, 5.41) is 9.11. The van der Waals surface area contributed by atoms with Crippen LogP contribution in [0.5, 0.6) is 0 Å². The summed E-state index contributed by atoms with van der Waals surface area (Å²) in [7, 11) is 0. The third-order valence-corrected chi connectivity index (χ3v) is 2.21. The Balaban J connectivity index is 3.33. The molecule has 1 aromatic rings. The van der Waals surface area contributed by atoms with Crippen molar-refractivity contribution < 1.29 is 41.4 Å². The van der Waals surface area contributed by atoms with Gasteiger partial charge in [-0.25, -0.2) is 26.7 Å². The third kappa shape index (κ3) is 3.18. The molecule has 0 spiro atoms. The van der Waals surface area contributed by atoms with Gasteiger partial charge in [0.25, 0.3) is 0 Å². The summed E-state index contributed by atoms with van der Waals surface area (Å²) < 4.78 is 69.4. The van der Waals surface area contributed by atoms with Crippen molar-refractivity contribution in [2.24, 2.45) is 0 Å². The minimum absolute atomic E-state index is 0.00370. The molecule has 0 amide bonds. The molecule has 9 heteroatoms. The van der Waals surface area contributed by atoms with Crippen LogP contribution in [0.25, 0.3) is 0 Å². The van der Waals surface area contributed by atoms with Crippen LogP contribution in [0.3, 0.4) is 0 Å². The second-order valence-electron chi connectivity index (χ2n) is 3.56. The Hall–Kier alpha value is -2.45. The Labute approximate surface area is 114 Å². The quantitative estimate of drug-likeness (QED) is 0.177. The lowest BCUT2D eigenvalue weighted by Crippen LogP contribution is -2.14. The van der Waals surface area contributed by atoms with Gasteiger partial charge in [-0.2, -0.15) is 0 Å². The number of esters is 1. The monoisotopic (exact) mass is 310 g/mol. The van der Waals surface area contributed by atoms with E-state index in [-0.39, 0.29) is 12.7 Å². The van der Waals surface area contributed by atoms with Crippen LogP contribution in [0.1, 0.15) is 17.3 Å². The van der Waals surface area contributed by atoms with Gasteiger partial charge in [-0.05, 0) is 6.92 Å². The Morgan fingerprint density at radius 2 is 1.43 bits per heavy atom. The minimum atomic E-state index is -2.43. The van der Waals surface area contributed by atoms with Crippen LogP contribution in [0, 0.1) is 29.1 Å². The van der Waals surface area contributed by atoms with Crippen molar-refractivity contribution in [3.8, 4) is 0 Å². The lowest BCUT2D eigenvalue weighted by molar-refractivity contribution is -0.141. The van der Waals surface area contributed by atoms with E-state index in [1.807, 2.05) is 0 Å². The van der Waals surface area contributed by atoms with Crippen LogP contribution < -0.4 is 0 Å². The van der Waals surface area contributed by atoms with Gasteiger partial charge in [0, 0.05) is 6.08 Å². The first-order chi connectivity index (χ1) is 9.72. The highest BCUT2D eigenvalue weighted by molar-refractivity contribution is 6.08. The summed E-state index contributed by atoms with van der Waals surface area (Å²) in [4.78, 5) is 22.4. The van der Waals surface area contributed by atoms with Crippen molar-refractivity contribution in [1.29, 1.82) is 0 Å². The van der Waals surface area contributed by atoms with Crippen LogP contribution >= 0.6 is 0 Å². The number of carbonyl (C=O) groups is 2. The van der Waals surface area contributed by atoms with E-state index in [0.29, 0.717) is 0 Å². The maximum absolute atomic E-state index is 13.3. The summed E-state index contributed by atoms with van der Waals surface area (Å²) in [6, 6.07) is 0. The van der Waals surface area contributed by atoms with Gasteiger partial charge in [-0.1, -0.05) is 0 Å². The molecule has 1 aromatic carbocycles. The fourth-order valence-electron chi connectivity index (χ4n) is 1.28. The molecule has 114 valence electrons. The maximum Gasteiger partial charge on any atom is 0.373 e. The van der Waals surface area contributed by atoms with Crippen LogP contribution in [-0.4, -0.2) is 23.5 Å². The molecule has 0 saturated carbocycles. The number of aliphatic hydroxyl groups is 1. The highest BCUT2D eigenvalue weighted by Crippen LogP contribution is 2.23. The number of hydrogen-bond acceptors (Lipinski definition) is 4. The number of ketones is 1. The van der Waals surface area contributed by atoms with Gasteiger partial charge in [0.1, 0.15) is 0 Å². The summed E-state index contributed by atoms with van der Waals surface area (Å²) in [6.07, 6.45) is -0.00370. The lowest BCUT2D eigenvalue weighted by Gasteiger charge is -2.05. The van der Waals surface area contributed by atoms with E-state index >= 15 is 0 Å². The molecule has 21 heavy (non-hydrogen) atoms. The van der Waals surface area contributed by atoms with Crippen molar-refractivity contribution in [1.82, 2.24) is 0 Å². The largest absolute Gasteiger partial charge is 0.502 e. The second kappa shape index (κ2) is 6.33. The summed E-state index contributed by atoms with van der Waals surface area (Å²) in [5.41, 5.74) is -1.79. The van der Waals surface area contributed by atoms with Crippen molar-refractivity contribution >= 4 is 11.8 Å². The Kier molecular flexibility index (Phi) is 5.01. The topological polar surface area (TPSA) is 63.6 Å². The van der Waals surface area contributed by atoms with Crippen molar-refractivity contribution in [3.63, 3.8) is 0 Å². The molecule has 0 atom stereocenters. The van der Waals surface area contributed by atoms with E-state index in [2.05, 4.69) is 4.74 Å². The predicted molar refractivity (Wildman–Crippen MR) is 57.9 cm³/mol. The van der Waals surface area contributed by atoms with Gasteiger partial charge < -0.3 is 9.84 Å². The second-order valence-corrected chi connectivity index (χ2v) is 3.56. The number of halogens is 5.